The van der Waals surface area contributed by atoms with Gasteiger partial charge in [-0.15, -0.1) is 5.10 Å². The monoisotopic (exact) mass is 445 g/mol. The minimum absolute atomic E-state index is 0.00935. The summed E-state index contributed by atoms with van der Waals surface area (Å²) in [5.74, 6) is 0.851. The largest absolute Gasteiger partial charge is 0.369 e. The zero-order valence-corrected chi connectivity index (χ0v) is 19.2. The number of tetrazole rings is 1. The molecule has 0 bridgehead atoms. The Morgan fingerprint density at radius 2 is 1.64 bits per heavy atom. The molecule has 8 heteroatoms. The minimum Gasteiger partial charge on any atom is -0.369 e. The van der Waals surface area contributed by atoms with Gasteiger partial charge >= 0.3 is 0 Å². The molecule has 33 heavy (non-hydrogen) atoms. The number of rotatable bonds is 5. The summed E-state index contributed by atoms with van der Waals surface area (Å²) < 4.78 is 1.76. The lowest BCUT2D eigenvalue weighted by Crippen LogP contribution is -2.53. The average molecular weight is 446 g/mol. The Morgan fingerprint density at radius 3 is 2.30 bits per heavy atom. The highest BCUT2D eigenvalue weighted by atomic mass is 16.2. The van der Waals surface area contributed by atoms with Crippen LogP contribution in [0.3, 0.4) is 0 Å². The zero-order valence-electron chi connectivity index (χ0n) is 19.2. The van der Waals surface area contributed by atoms with Gasteiger partial charge in [-0.3, -0.25) is 9.69 Å². The van der Waals surface area contributed by atoms with Crippen molar-refractivity contribution < 1.29 is 4.79 Å². The third-order valence-electron chi connectivity index (χ3n) is 6.78. The maximum absolute atomic E-state index is 13.3. The van der Waals surface area contributed by atoms with Crippen molar-refractivity contribution in [2.24, 2.45) is 5.92 Å². The zero-order chi connectivity index (χ0) is 22.8. The highest BCUT2D eigenvalue weighted by Gasteiger charge is 2.43. The normalized spacial score (nSPS) is 23.8. The molecule has 2 aliphatic heterocycles. The molecule has 1 fully saturated rings. The maximum Gasteiger partial charge on any atom is 0.245 e. The molecule has 0 spiro atoms. The molecule has 3 heterocycles. The molecule has 2 aliphatic rings. The third kappa shape index (κ3) is 4.35. The van der Waals surface area contributed by atoms with Crippen molar-refractivity contribution >= 4 is 11.6 Å². The van der Waals surface area contributed by atoms with Crippen LogP contribution in [0, 0.1) is 5.92 Å². The summed E-state index contributed by atoms with van der Waals surface area (Å²) in [6, 6.07) is 20.3. The van der Waals surface area contributed by atoms with Crippen LogP contribution in [0.2, 0.25) is 0 Å². The van der Waals surface area contributed by atoms with Crippen molar-refractivity contribution in [1.29, 1.82) is 0 Å². The molecule has 172 valence electrons. The number of anilines is 1. The Morgan fingerprint density at radius 1 is 0.970 bits per heavy atom. The van der Waals surface area contributed by atoms with E-state index in [1.54, 1.807) is 4.68 Å². The van der Waals surface area contributed by atoms with Crippen LogP contribution in [0.1, 0.15) is 37.3 Å². The number of hydrogen-bond donors (Lipinski definition) is 1. The van der Waals surface area contributed by atoms with Gasteiger partial charge in [-0.25, -0.2) is 4.68 Å². The number of nitrogens with zero attached hydrogens (tertiary/aromatic N) is 6. The van der Waals surface area contributed by atoms with Crippen molar-refractivity contribution in [3.8, 4) is 0 Å². The second-order valence-electron chi connectivity index (χ2n) is 9.28. The summed E-state index contributed by atoms with van der Waals surface area (Å²) >= 11 is 0. The molecule has 5 rings (SSSR count). The van der Waals surface area contributed by atoms with E-state index in [-0.39, 0.29) is 23.9 Å². The summed E-state index contributed by atoms with van der Waals surface area (Å²) in [5, 5.41) is 16.1. The van der Waals surface area contributed by atoms with E-state index in [2.05, 4.69) is 67.0 Å². The summed E-state index contributed by atoms with van der Waals surface area (Å²) in [4.78, 5) is 18.2. The van der Waals surface area contributed by atoms with Crippen LogP contribution >= 0.6 is 0 Å². The Kier molecular flexibility index (Phi) is 6.09. The molecule has 8 nitrogen and oxygen atoms in total. The van der Waals surface area contributed by atoms with E-state index >= 15 is 0 Å². The lowest BCUT2D eigenvalue weighted by molar-refractivity contribution is -0.126. The van der Waals surface area contributed by atoms with Crippen molar-refractivity contribution in [1.82, 2.24) is 30.4 Å². The van der Waals surface area contributed by atoms with Crippen molar-refractivity contribution in [2.45, 2.75) is 38.4 Å². The number of amides is 1. The second-order valence-corrected chi connectivity index (χ2v) is 9.28. The average Bonchev–Trinajstić information content (AvgIpc) is 3.25. The Hall–Kier alpha value is -3.26. The molecule has 3 aromatic rings. The number of hydrogen-bond acceptors (Lipinski definition) is 6. The highest BCUT2D eigenvalue weighted by Crippen LogP contribution is 2.33. The van der Waals surface area contributed by atoms with Crippen LogP contribution in [0.25, 0.3) is 0 Å². The summed E-state index contributed by atoms with van der Waals surface area (Å²) in [7, 11) is 0. The topological polar surface area (TPSA) is 79.2 Å². The first kappa shape index (κ1) is 21.6. The number of piperazine rings is 1. The first-order valence-electron chi connectivity index (χ1n) is 11.8. The summed E-state index contributed by atoms with van der Waals surface area (Å²) in [6.07, 6.45) is 0.730. The molecule has 0 saturated carbocycles. The number of benzene rings is 2. The van der Waals surface area contributed by atoms with Crippen LogP contribution in [0.5, 0.6) is 0 Å². The van der Waals surface area contributed by atoms with E-state index in [0.717, 1.165) is 38.4 Å². The van der Waals surface area contributed by atoms with Gasteiger partial charge in [-0.1, -0.05) is 62.4 Å². The molecular weight excluding hydrogens is 414 g/mol. The fourth-order valence-corrected chi connectivity index (χ4v) is 5.16. The highest BCUT2D eigenvalue weighted by molar-refractivity contribution is 5.81. The van der Waals surface area contributed by atoms with Crippen molar-refractivity contribution in [3.05, 3.63) is 72.1 Å². The van der Waals surface area contributed by atoms with Crippen LogP contribution in [0.4, 0.5) is 5.69 Å². The molecule has 1 aromatic heterocycles. The first-order valence-corrected chi connectivity index (χ1v) is 11.8. The number of para-hydroxylation sites is 1. The van der Waals surface area contributed by atoms with E-state index in [4.69, 9.17) is 0 Å². The van der Waals surface area contributed by atoms with E-state index in [0.29, 0.717) is 0 Å². The lowest BCUT2D eigenvalue weighted by atomic mass is 9.97. The van der Waals surface area contributed by atoms with Gasteiger partial charge in [-0.2, -0.15) is 0 Å². The van der Waals surface area contributed by atoms with E-state index in [9.17, 15) is 4.79 Å². The van der Waals surface area contributed by atoms with Gasteiger partial charge in [0, 0.05) is 31.9 Å². The minimum atomic E-state index is -0.413. The summed E-state index contributed by atoms with van der Waals surface area (Å²) in [5.41, 5.74) is 2.44. The van der Waals surface area contributed by atoms with Crippen LogP contribution < -0.4 is 10.2 Å². The molecule has 2 aromatic carbocycles. The van der Waals surface area contributed by atoms with Gasteiger partial charge in [-0.05, 0) is 40.5 Å². The number of carbonyl (C=O) groups is 1. The van der Waals surface area contributed by atoms with Gasteiger partial charge < -0.3 is 10.2 Å². The number of fused-ring (bicyclic) bond motifs is 1. The molecule has 0 aliphatic carbocycles. The molecule has 2 unspecified atom stereocenters. The van der Waals surface area contributed by atoms with Crippen LogP contribution in [-0.2, 0) is 11.2 Å². The molecule has 1 saturated heterocycles. The van der Waals surface area contributed by atoms with E-state index in [1.165, 1.54) is 11.3 Å². The number of nitrogens with one attached hydrogen (secondary N) is 1. The Balaban J connectivity index is 1.46. The Labute approximate surface area is 194 Å². The summed E-state index contributed by atoms with van der Waals surface area (Å²) in [6.45, 7) is 7.67. The van der Waals surface area contributed by atoms with E-state index < -0.39 is 6.04 Å². The van der Waals surface area contributed by atoms with Crippen LogP contribution in [-0.4, -0.2) is 63.2 Å². The molecule has 3 atom stereocenters. The Bertz CT molecular complexity index is 1060. The van der Waals surface area contributed by atoms with Crippen molar-refractivity contribution in [3.63, 3.8) is 0 Å². The molecule has 1 amide bonds. The van der Waals surface area contributed by atoms with Gasteiger partial charge in [0.25, 0.3) is 0 Å². The predicted octanol–water partition coefficient (Wildman–Crippen LogP) is 2.47. The van der Waals surface area contributed by atoms with Crippen LogP contribution in [0.15, 0.2) is 60.7 Å². The second kappa shape index (κ2) is 9.31. The van der Waals surface area contributed by atoms with Crippen molar-refractivity contribution in [2.75, 3.05) is 31.1 Å². The van der Waals surface area contributed by atoms with Gasteiger partial charge in [0.05, 0.1) is 12.1 Å². The molecule has 1 N–H and O–H groups in total. The fraction of sp³-hybridized carbons (Fsp3) is 0.440. The fourth-order valence-electron chi connectivity index (χ4n) is 5.16. The predicted molar refractivity (Wildman–Crippen MR) is 127 cm³/mol. The number of aromatic nitrogens is 4. The smallest absolute Gasteiger partial charge is 0.245 e. The standard InChI is InChI=1S/C25H31N7O/c1-18(2)22-25(33)26-21(17-19-9-5-3-6-10-19)23(24-27-28-29-32(22)24)31-15-13-30(14-16-31)20-11-7-4-8-12-20/h3-12,18,21-23H,13-17H2,1-2H3,(H,26,33)/t21-,22?,23?/m1/s1. The third-order valence-corrected chi connectivity index (χ3v) is 6.78. The maximum atomic E-state index is 13.3. The SMILES string of the molecule is CC(C)C1C(=O)N[C@H](Cc2ccccc2)C(N2CCN(c3ccccc3)CC2)c2nnnn21. The van der Waals surface area contributed by atoms with Gasteiger partial charge in [0.1, 0.15) is 6.04 Å². The van der Waals surface area contributed by atoms with E-state index in [1.807, 2.05) is 38.1 Å². The molecular formula is C25H31N7O. The first-order chi connectivity index (χ1) is 16.1. The number of carbonyl (C=O) groups excluding carboxylic acids is 1. The van der Waals surface area contributed by atoms with Gasteiger partial charge in [0.15, 0.2) is 5.82 Å². The lowest BCUT2D eigenvalue weighted by Gasteiger charge is -2.41. The van der Waals surface area contributed by atoms with Gasteiger partial charge in [0.2, 0.25) is 5.91 Å². The quantitative estimate of drug-likeness (QED) is 0.650. The molecule has 0 radical (unpaired) electrons.